The van der Waals surface area contributed by atoms with Gasteiger partial charge in [-0.15, -0.1) is 0 Å². The lowest BCUT2D eigenvalue weighted by Crippen LogP contribution is -2.11. The van der Waals surface area contributed by atoms with Gasteiger partial charge in [0.25, 0.3) is 0 Å². The van der Waals surface area contributed by atoms with E-state index in [0.29, 0.717) is 13.2 Å². The molecule has 4 nitrogen and oxygen atoms in total. The van der Waals surface area contributed by atoms with E-state index in [9.17, 15) is 0 Å². The fourth-order valence-corrected chi connectivity index (χ4v) is 4.11. The summed E-state index contributed by atoms with van der Waals surface area (Å²) >= 11 is 0. The van der Waals surface area contributed by atoms with Gasteiger partial charge in [-0.25, -0.2) is 4.98 Å². The third-order valence-corrected chi connectivity index (χ3v) is 5.81. The second-order valence-corrected chi connectivity index (χ2v) is 9.76. The molecule has 33 heavy (non-hydrogen) atoms. The van der Waals surface area contributed by atoms with Crippen LogP contribution in [-0.2, 0) is 18.6 Å². The molecule has 4 heteroatoms. The number of para-hydroxylation sites is 2. The molecule has 4 rings (SSSR count). The molecule has 172 valence electrons. The zero-order valence-electron chi connectivity index (χ0n) is 20.4. The lowest BCUT2D eigenvalue weighted by atomic mass is 9.87. The van der Waals surface area contributed by atoms with E-state index in [-0.39, 0.29) is 5.41 Å². The van der Waals surface area contributed by atoms with Gasteiger partial charge < -0.3 is 14.0 Å². The zero-order valence-corrected chi connectivity index (χ0v) is 20.4. The number of benzene rings is 3. The fourth-order valence-electron chi connectivity index (χ4n) is 4.11. The average Bonchev–Trinajstić information content (AvgIpc) is 3.12. The quantitative estimate of drug-likeness (QED) is 0.276. The van der Waals surface area contributed by atoms with Crippen LogP contribution in [0.2, 0.25) is 0 Å². The molecule has 0 aliphatic carbocycles. The van der Waals surface area contributed by atoms with Gasteiger partial charge in [0.1, 0.15) is 23.9 Å². The van der Waals surface area contributed by atoms with Crippen molar-refractivity contribution in [3.8, 4) is 11.5 Å². The second-order valence-electron chi connectivity index (χ2n) is 9.76. The summed E-state index contributed by atoms with van der Waals surface area (Å²) in [5.41, 5.74) is 6.00. The number of hydrogen-bond donors (Lipinski definition) is 0. The predicted molar refractivity (Wildman–Crippen MR) is 135 cm³/mol. The molecule has 0 atom stereocenters. The molecule has 0 radical (unpaired) electrons. The summed E-state index contributed by atoms with van der Waals surface area (Å²) in [6.07, 6.45) is 0.890. The van der Waals surface area contributed by atoms with E-state index in [2.05, 4.69) is 87.7 Å². The minimum absolute atomic E-state index is 0.131. The molecule has 4 aromatic rings. The van der Waals surface area contributed by atoms with Crippen molar-refractivity contribution in [2.75, 3.05) is 6.61 Å². The molecule has 0 bridgehead atoms. The molecule has 1 aromatic heterocycles. The van der Waals surface area contributed by atoms with Gasteiger partial charge in [0.2, 0.25) is 0 Å². The van der Waals surface area contributed by atoms with Gasteiger partial charge in [-0.2, -0.15) is 0 Å². The molecule has 0 unspecified atom stereocenters. The van der Waals surface area contributed by atoms with Gasteiger partial charge in [-0.05, 0) is 78.8 Å². The van der Waals surface area contributed by atoms with E-state index < -0.39 is 0 Å². The van der Waals surface area contributed by atoms with Crippen LogP contribution in [0.15, 0.2) is 66.7 Å². The van der Waals surface area contributed by atoms with E-state index in [1.807, 2.05) is 18.2 Å². The summed E-state index contributed by atoms with van der Waals surface area (Å²) in [7, 11) is 0. The molecule has 0 saturated carbocycles. The van der Waals surface area contributed by atoms with Crippen molar-refractivity contribution in [3.63, 3.8) is 0 Å². The average molecular weight is 443 g/mol. The zero-order chi connectivity index (χ0) is 23.4. The highest BCUT2D eigenvalue weighted by molar-refractivity contribution is 5.75. The maximum absolute atomic E-state index is 6.12. The molecule has 0 spiro atoms. The molecule has 0 aliphatic rings. The first-order chi connectivity index (χ1) is 15.8. The standard InChI is InChI=1S/C29H34N2O2/c1-21-17-22(2)19-25(18-21)32-16-8-15-31-27-10-7-6-9-26(27)30-28(31)20-33-24-13-11-23(12-14-24)29(3,4)5/h6-7,9-14,17-19H,8,15-16,20H2,1-5H3. The van der Waals surface area contributed by atoms with Gasteiger partial charge in [0, 0.05) is 6.54 Å². The Balaban J connectivity index is 1.43. The Labute approximate surface area is 197 Å². The molecule has 1 heterocycles. The van der Waals surface area contributed by atoms with Crippen molar-refractivity contribution in [2.45, 2.75) is 59.6 Å². The number of nitrogens with zero attached hydrogens (tertiary/aromatic N) is 2. The predicted octanol–water partition coefficient (Wildman–Crippen LogP) is 7.00. The van der Waals surface area contributed by atoms with E-state index in [1.54, 1.807) is 0 Å². The number of aryl methyl sites for hydroxylation is 3. The number of hydrogen-bond acceptors (Lipinski definition) is 3. The maximum Gasteiger partial charge on any atom is 0.147 e. The number of rotatable bonds is 8. The monoisotopic (exact) mass is 442 g/mol. The van der Waals surface area contributed by atoms with Crippen molar-refractivity contribution in [1.29, 1.82) is 0 Å². The summed E-state index contributed by atoms with van der Waals surface area (Å²) in [6, 6.07) is 23.0. The van der Waals surface area contributed by atoms with Gasteiger partial charge >= 0.3 is 0 Å². The topological polar surface area (TPSA) is 36.3 Å². The van der Waals surface area contributed by atoms with Gasteiger partial charge in [0.15, 0.2) is 0 Å². The molecule has 0 saturated heterocycles. The number of ether oxygens (including phenoxy) is 2. The third-order valence-electron chi connectivity index (χ3n) is 5.81. The Bertz CT molecular complexity index is 1200. The van der Waals surface area contributed by atoms with Crippen LogP contribution in [-0.4, -0.2) is 16.2 Å². The Hall–Kier alpha value is -3.27. The molecule has 0 aliphatic heterocycles. The number of fused-ring (bicyclic) bond motifs is 1. The first-order valence-electron chi connectivity index (χ1n) is 11.7. The smallest absolute Gasteiger partial charge is 0.147 e. The van der Waals surface area contributed by atoms with Crippen LogP contribution in [0, 0.1) is 13.8 Å². The second kappa shape index (κ2) is 9.70. The normalized spacial score (nSPS) is 11.7. The van der Waals surface area contributed by atoms with Gasteiger partial charge in [-0.1, -0.05) is 51.1 Å². The Morgan fingerprint density at radius 2 is 1.52 bits per heavy atom. The Kier molecular flexibility index (Phi) is 6.73. The minimum Gasteiger partial charge on any atom is -0.494 e. The third kappa shape index (κ3) is 5.75. The number of aromatic nitrogens is 2. The van der Waals surface area contributed by atoms with Crippen molar-refractivity contribution < 1.29 is 9.47 Å². The highest BCUT2D eigenvalue weighted by atomic mass is 16.5. The minimum atomic E-state index is 0.131. The largest absolute Gasteiger partial charge is 0.494 e. The summed E-state index contributed by atoms with van der Waals surface area (Å²) in [5, 5.41) is 0. The van der Waals surface area contributed by atoms with Crippen LogP contribution >= 0.6 is 0 Å². The summed E-state index contributed by atoms with van der Waals surface area (Å²) < 4.78 is 14.4. The fraction of sp³-hybridized carbons (Fsp3) is 0.345. The molecular weight excluding hydrogens is 408 g/mol. The SMILES string of the molecule is Cc1cc(C)cc(OCCCn2c(COc3ccc(C(C)(C)C)cc3)nc3ccccc32)c1. The molecule has 0 fully saturated rings. The van der Waals surface area contributed by atoms with Crippen LogP contribution in [0.25, 0.3) is 11.0 Å². The Morgan fingerprint density at radius 1 is 0.818 bits per heavy atom. The van der Waals surface area contributed by atoms with E-state index in [1.165, 1.54) is 16.7 Å². The van der Waals surface area contributed by atoms with Gasteiger partial charge in [0.05, 0.1) is 17.6 Å². The van der Waals surface area contributed by atoms with Crippen molar-refractivity contribution in [3.05, 3.63) is 89.2 Å². The first kappa shape index (κ1) is 22.9. The Morgan fingerprint density at radius 3 is 2.21 bits per heavy atom. The van der Waals surface area contributed by atoms with E-state index >= 15 is 0 Å². The molecule has 0 N–H and O–H groups in total. The number of imidazole rings is 1. The molecule has 3 aromatic carbocycles. The van der Waals surface area contributed by atoms with Crippen LogP contribution in [0.4, 0.5) is 0 Å². The first-order valence-corrected chi connectivity index (χ1v) is 11.7. The highest BCUT2D eigenvalue weighted by Crippen LogP contribution is 2.25. The van der Waals surface area contributed by atoms with Crippen LogP contribution in [0.3, 0.4) is 0 Å². The van der Waals surface area contributed by atoms with Gasteiger partial charge in [-0.3, -0.25) is 0 Å². The van der Waals surface area contributed by atoms with Crippen molar-refractivity contribution in [2.24, 2.45) is 0 Å². The summed E-state index contributed by atoms with van der Waals surface area (Å²) in [5.74, 6) is 2.73. The highest BCUT2D eigenvalue weighted by Gasteiger charge is 2.14. The van der Waals surface area contributed by atoms with E-state index in [0.717, 1.165) is 41.3 Å². The lowest BCUT2D eigenvalue weighted by molar-refractivity contribution is 0.280. The maximum atomic E-state index is 6.12. The van der Waals surface area contributed by atoms with Crippen LogP contribution in [0.1, 0.15) is 49.7 Å². The summed E-state index contributed by atoms with van der Waals surface area (Å²) in [4.78, 5) is 4.84. The van der Waals surface area contributed by atoms with Crippen molar-refractivity contribution >= 4 is 11.0 Å². The molecular formula is C29H34N2O2. The summed E-state index contributed by atoms with van der Waals surface area (Å²) in [6.45, 7) is 12.8. The molecule has 0 amide bonds. The van der Waals surface area contributed by atoms with E-state index in [4.69, 9.17) is 14.5 Å². The van der Waals surface area contributed by atoms with Crippen molar-refractivity contribution in [1.82, 2.24) is 9.55 Å². The lowest BCUT2D eigenvalue weighted by Gasteiger charge is -2.19. The van der Waals surface area contributed by atoms with Crippen LogP contribution in [0.5, 0.6) is 11.5 Å². The van der Waals surface area contributed by atoms with Crippen LogP contribution < -0.4 is 9.47 Å².